The molecule has 0 radical (unpaired) electrons. The van der Waals surface area contributed by atoms with Crippen LogP contribution in [0.4, 0.5) is 20.4 Å². The van der Waals surface area contributed by atoms with Gasteiger partial charge in [-0.15, -0.1) is 0 Å². The summed E-state index contributed by atoms with van der Waals surface area (Å²) in [7, 11) is 3.71. The molecule has 89 heavy (non-hydrogen) atoms. The van der Waals surface area contributed by atoms with Crippen LogP contribution in [0.15, 0.2) is 128 Å². The Morgan fingerprint density at radius 3 is 1.66 bits per heavy atom. The number of benzene rings is 4. The van der Waals surface area contributed by atoms with Crippen LogP contribution in [-0.4, -0.2) is 143 Å². The van der Waals surface area contributed by atoms with E-state index < -0.39 is 35.0 Å². The molecule has 5 N–H and O–H groups in total. The number of phenols is 1. The van der Waals surface area contributed by atoms with Crippen LogP contribution in [0.25, 0.3) is 77.3 Å². The number of aromatic hydroxyl groups is 1. The molecule has 1 fully saturated rings. The minimum Gasteiger partial charge on any atom is -0.508 e. The van der Waals surface area contributed by atoms with Crippen molar-refractivity contribution < 1.29 is 37.0 Å². The van der Waals surface area contributed by atoms with E-state index in [1.165, 1.54) is 36.9 Å². The summed E-state index contributed by atoms with van der Waals surface area (Å²) in [4.78, 5) is 79.8. The maximum atomic E-state index is 15.8. The first-order chi connectivity index (χ1) is 43.0. The molecule has 454 valence electrons. The number of halogens is 2. The van der Waals surface area contributed by atoms with Crippen molar-refractivity contribution in [2.75, 3.05) is 78.1 Å². The molecule has 3 aliphatic rings. The van der Waals surface area contributed by atoms with Crippen molar-refractivity contribution in [2.24, 2.45) is 5.92 Å². The number of likely N-dealkylation sites (N-methyl/N-ethyl adjacent to an activating group) is 1. The van der Waals surface area contributed by atoms with E-state index >= 15 is 4.39 Å². The minimum absolute atomic E-state index is 0.0123. The van der Waals surface area contributed by atoms with Crippen LogP contribution in [0.2, 0.25) is 0 Å². The Kier molecular flexibility index (Phi) is 15.3. The molecule has 2 amide bonds. The second kappa shape index (κ2) is 23.5. The SMILES string of the molecule is CC(c1oc(=O)c2ccccc2c1C1=CCN(C(=O)CN(C)C)CC1)n1nc(-c2cc(F)cc(OCN3CCC(C(=O)N4CC=C(c5c(C(C)n6nc(-c7cc(O)cc(F)c7)c7c(N)ncnc76)oc(=O)c6ccccc56)CC4)CC3)c2)c2c(N)ncnc21. The number of aromatic nitrogens is 8. The number of ether oxygens (including phenoxy) is 1. The molecule has 10 aromatic rings. The lowest BCUT2D eigenvalue weighted by Crippen LogP contribution is -2.44. The molecule has 0 bridgehead atoms. The van der Waals surface area contributed by atoms with Crippen LogP contribution in [-0.2, 0) is 9.59 Å². The molecule has 0 saturated carbocycles. The van der Waals surface area contributed by atoms with E-state index in [1.807, 2.05) is 74.2 Å². The lowest BCUT2D eigenvalue weighted by atomic mass is 9.91. The number of piperidine rings is 1. The molecule has 3 aliphatic heterocycles. The number of carbonyl (C=O) groups excluding carboxylic acids is 2. The number of fused-ring (bicyclic) bond motifs is 4. The summed E-state index contributed by atoms with van der Waals surface area (Å²) in [6.07, 6.45) is 8.70. The van der Waals surface area contributed by atoms with Gasteiger partial charge in [0, 0.05) is 79.6 Å². The van der Waals surface area contributed by atoms with E-state index in [1.54, 1.807) is 44.6 Å². The molecule has 2 atom stereocenters. The standard InChI is InChI=1S/C65H62F2N14O8/c1-35(80-61-53(59(68)70-32-72-61)55(74-80)40-25-42(66)29-44(82)27-40)58-52(47-10-6-8-12-49(47)65(86)89-58)38-17-23-79(24-18-38)63(84)39-13-19-77(20-14-39)34-87-45-28-41(26-43(67)30-45)56-54-60(69)71-33-73-62(54)81(75-56)36(2)57-51(46-9-5-7-11-48(46)64(85)88-57)37-15-21-78(22-16-37)50(83)31-76(3)4/h5-12,15,17,25-30,32-33,35-36,39,82H,13-14,16,18-24,31,34H2,1-4H3,(H2,68,70,72)(H2,69,71,73). The number of nitrogens with two attached hydrogens (primary N) is 2. The number of rotatable bonds is 14. The predicted octanol–water partition coefficient (Wildman–Crippen LogP) is 8.42. The topological polar surface area (TPSA) is 276 Å². The fourth-order valence-corrected chi connectivity index (χ4v) is 12.7. The van der Waals surface area contributed by atoms with Gasteiger partial charge in [-0.3, -0.25) is 14.5 Å². The monoisotopic (exact) mass is 1200 g/mol. The zero-order valence-electron chi connectivity index (χ0n) is 49.2. The van der Waals surface area contributed by atoms with Crippen LogP contribution in [0, 0.1) is 17.6 Å². The molecule has 2 unspecified atom stereocenters. The number of hydrogen-bond donors (Lipinski definition) is 3. The van der Waals surface area contributed by atoms with Gasteiger partial charge in [0.2, 0.25) is 11.8 Å². The summed E-state index contributed by atoms with van der Waals surface area (Å²) >= 11 is 0. The first-order valence-corrected chi connectivity index (χ1v) is 29.3. The first-order valence-electron chi connectivity index (χ1n) is 29.3. The van der Waals surface area contributed by atoms with Crippen LogP contribution < -0.4 is 27.5 Å². The third-order valence-electron chi connectivity index (χ3n) is 17.1. The number of nitrogen functional groups attached to an aromatic ring is 2. The zero-order valence-corrected chi connectivity index (χ0v) is 49.2. The number of carbonyl (C=O) groups is 2. The van der Waals surface area contributed by atoms with Gasteiger partial charge in [-0.25, -0.2) is 47.7 Å². The fraction of sp³-hybridized carbons (Fsp3) is 0.292. The van der Waals surface area contributed by atoms with Gasteiger partial charge in [0.05, 0.1) is 28.1 Å². The zero-order chi connectivity index (χ0) is 61.9. The van der Waals surface area contributed by atoms with Gasteiger partial charge in [-0.2, -0.15) is 10.2 Å². The Morgan fingerprint density at radius 2 is 1.17 bits per heavy atom. The molecule has 0 aliphatic carbocycles. The summed E-state index contributed by atoms with van der Waals surface area (Å²) in [5.41, 5.74) is 16.8. The van der Waals surface area contributed by atoms with Crippen molar-refractivity contribution in [2.45, 2.75) is 51.6 Å². The summed E-state index contributed by atoms with van der Waals surface area (Å²) in [5.74, 6) is -0.727. The minimum atomic E-state index is -0.766. The van der Waals surface area contributed by atoms with E-state index in [-0.39, 0.29) is 71.1 Å². The maximum absolute atomic E-state index is 15.8. The average molecular weight is 1210 g/mol. The Labute approximate surface area is 506 Å². The lowest BCUT2D eigenvalue weighted by Gasteiger charge is -2.35. The van der Waals surface area contributed by atoms with E-state index in [0.29, 0.717) is 131 Å². The predicted molar refractivity (Wildman–Crippen MR) is 331 cm³/mol. The van der Waals surface area contributed by atoms with Gasteiger partial charge in [0.1, 0.15) is 89.1 Å². The Balaban J connectivity index is 0.706. The van der Waals surface area contributed by atoms with Crippen molar-refractivity contribution in [3.05, 3.63) is 165 Å². The Morgan fingerprint density at radius 1 is 0.674 bits per heavy atom. The highest BCUT2D eigenvalue weighted by Gasteiger charge is 2.34. The second-order valence-corrected chi connectivity index (χ2v) is 23.1. The summed E-state index contributed by atoms with van der Waals surface area (Å²) in [6, 6.07) is 20.8. The smallest absolute Gasteiger partial charge is 0.343 e. The van der Waals surface area contributed by atoms with Crippen molar-refractivity contribution >= 4 is 78.2 Å². The molecule has 1 saturated heterocycles. The number of nitrogens with zero attached hydrogens (tertiary/aromatic N) is 12. The van der Waals surface area contributed by atoms with Crippen LogP contribution in [0.5, 0.6) is 11.5 Å². The van der Waals surface area contributed by atoms with E-state index in [0.717, 1.165) is 22.8 Å². The Bertz CT molecular complexity index is 4660. The molecule has 9 heterocycles. The van der Waals surface area contributed by atoms with Gasteiger partial charge in [0.15, 0.2) is 11.3 Å². The van der Waals surface area contributed by atoms with Crippen molar-refractivity contribution in [1.29, 1.82) is 0 Å². The lowest BCUT2D eigenvalue weighted by molar-refractivity contribution is -0.137. The molecule has 24 heteroatoms. The van der Waals surface area contributed by atoms with E-state index in [2.05, 4.69) is 24.8 Å². The molecule has 13 rings (SSSR count). The highest BCUT2D eigenvalue weighted by atomic mass is 19.1. The number of likely N-dealkylation sites (tertiary alicyclic amines) is 1. The summed E-state index contributed by atoms with van der Waals surface area (Å²) in [5, 5.41) is 23.0. The maximum Gasteiger partial charge on any atom is 0.343 e. The molecule has 0 spiro atoms. The van der Waals surface area contributed by atoms with Gasteiger partial charge in [-0.1, -0.05) is 48.6 Å². The first kappa shape index (κ1) is 57.9. The average Bonchev–Trinajstić information content (AvgIpc) is 1.84. The quantitative estimate of drug-likeness (QED) is 0.0921. The van der Waals surface area contributed by atoms with E-state index in [4.69, 9.17) is 35.2 Å². The van der Waals surface area contributed by atoms with Gasteiger partial charge < -0.3 is 44.8 Å². The van der Waals surface area contributed by atoms with Crippen LogP contribution >= 0.6 is 0 Å². The summed E-state index contributed by atoms with van der Waals surface area (Å²) < 4.78 is 52.3. The molecular weight excluding hydrogens is 1140 g/mol. The molecule has 6 aromatic heterocycles. The van der Waals surface area contributed by atoms with Crippen LogP contribution in [0.3, 0.4) is 0 Å². The van der Waals surface area contributed by atoms with Gasteiger partial charge in [-0.05, 0) is 112 Å². The van der Waals surface area contributed by atoms with Crippen molar-refractivity contribution in [3.63, 3.8) is 0 Å². The normalized spacial score (nSPS) is 15.9. The number of phenolic OH excluding ortho intramolecular Hbond substituents is 1. The number of anilines is 2. The molecular formula is C65H62F2N14O8. The largest absolute Gasteiger partial charge is 0.508 e. The third kappa shape index (κ3) is 10.9. The van der Waals surface area contributed by atoms with Crippen molar-refractivity contribution in [3.8, 4) is 34.0 Å². The fourth-order valence-electron chi connectivity index (χ4n) is 12.7. The summed E-state index contributed by atoms with van der Waals surface area (Å²) in [6.45, 7) is 6.71. The molecule has 22 nitrogen and oxygen atoms in total. The Hall–Kier alpha value is -10.2. The van der Waals surface area contributed by atoms with Gasteiger partial charge in [0.25, 0.3) is 0 Å². The van der Waals surface area contributed by atoms with Crippen molar-refractivity contribution in [1.82, 2.24) is 59.1 Å². The van der Waals surface area contributed by atoms with Gasteiger partial charge >= 0.3 is 11.3 Å². The second-order valence-electron chi connectivity index (χ2n) is 23.1. The van der Waals surface area contributed by atoms with E-state index in [9.17, 15) is 28.7 Å². The number of amides is 2. The highest BCUT2D eigenvalue weighted by Crippen LogP contribution is 2.42. The van der Waals surface area contributed by atoms with Crippen LogP contribution in [0.1, 0.15) is 74.3 Å². The number of hydrogen-bond acceptors (Lipinski definition) is 18. The molecule has 4 aromatic carbocycles. The highest BCUT2D eigenvalue weighted by molar-refractivity contribution is 6.01. The third-order valence-corrected chi connectivity index (χ3v) is 17.1.